The van der Waals surface area contributed by atoms with Crippen LogP contribution in [0.2, 0.25) is 0 Å². The zero-order valence-electron chi connectivity index (χ0n) is 8.41. The van der Waals surface area contributed by atoms with Crippen LogP contribution >= 0.6 is 0 Å². The molecule has 0 radical (unpaired) electrons. The van der Waals surface area contributed by atoms with Crippen molar-refractivity contribution in [1.29, 1.82) is 0 Å². The number of ether oxygens (including phenoxy) is 1. The molecule has 0 aromatic heterocycles. The molecule has 2 rings (SSSR count). The number of benzene rings is 1. The molecule has 2 N–H and O–H groups in total. The van der Waals surface area contributed by atoms with E-state index in [1.807, 2.05) is 31.2 Å². The van der Waals surface area contributed by atoms with E-state index in [-0.39, 0.29) is 6.03 Å². The molecule has 1 aliphatic heterocycles. The second kappa shape index (κ2) is 4.04. The molecule has 0 spiro atoms. The third-order valence-corrected chi connectivity index (χ3v) is 2.06. The van der Waals surface area contributed by atoms with E-state index in [0.717, 1.165) is 5.75 Å². The fourth-order valence-corrected chi connectivity index (χ4v) is 1.24. The van der Waals surface area contributed by atoms with Gasteiger partial charge in [-0.1, -0.05) is 17.7 Å². The highest BCUT2D eigenvalue weighted by Gasteiger charge is 2.09. The summed E-state index contributed by atoms with van der Waals surface area (Å²) in [5.74, 6) is 1.46. The molecule has 1 aromatic carbocycles. The third-order valence-electron chi connectivity index (χ3n) is 2.06. The molecule has 0 bridgehead atoms. The molecule has 4 heteroatoms. The molecule has 0 atom stereocenters. The Labute approximate surface area is 87.9 Å². The first-order chi connectivity index (χ1) is 7.24. The van der Waals surface area contributed by atoms with Crippen LogP contribution in [0.5, 0.6) is 5.75 Å². The molecule has 0 saturated heterocycles. The third kappa shape index (κ3) is 2.49. The number of carbonyl (C=O) groups excluding carboxylic acids is 1. The molecule has 1 heterocycles. The molecule has 0 fully saturated rings. The molecular weight excluding hydrogens is 192 g/mol. The van der Waals surface area contributed by atoms with Crippen molar-refractivity contribution >= 4 is 6.03 Å². The van der Waals surface area contributed by atoms with Crippen LogP contribution in [0.25, 0.3) is 0 Å². The maximum Gasteiger partial charge on any atom is 0.319 e. The zero-order valence-corrected chi connectivity index (χ0v) is 8.41. The molecule has 4 nitrogen and oxygen atoms in total. The average Bonchev–Trinajstić information content (AvgIpc) is 2.25. The maximum atomic E-state index is 10.8. The Bertz CT molecular complexity index is 396. The summed E-state index contributed by atoms with van der Waals surface area (Å²) in [5.41, 5.74) is 1.19. The summed E-state index contributed by atoms with van der Waals surface area (Å²) in [6.45, 7) is 2.44. The molecule has 2 amide bonds. The van der Waals surface area contributed by atoms with Crippen molar-refractivity contribution in [3.63, 3.8) is 0 Å². The van der Waals surface area contributed by atoms with Gasteiger partial charge < -0.3 is 15.4 Å². The minimum atomic E-state index is -0.203. The predicted octanol–water partition coefficient (Wildman–Crippen LogP) is 1.53. The smallest absolute Gasteiger partial charge is 0.319 e. The number of urea groups is 1. The van der Waals surface area contributed by atoms with E-state index in [0.29, 0.717) is 12.3 Å². The summed E-state index contributed by atoms with van der Waals surface area (Å²) in [6, 6.07) is 7.54. The number of nitrogens with one attached hydrogen (secondary N) is 2. The van der Waals surface area contributed by atoms with Crippen LogP contribution in [0.15, 0.2) is 36.2 Å². The number of carbonyl (C=O) groups is 1. The molecule has 78 valence electrons. The lowest BCUT2D eigenvalue weighted by Crippen LogP contribution is -2.39. The van der Waals surface area contributed by atoms with E-state index >= 15 is 0 Å². The molecule has 0 saturated carbocycles. The summed E-state index contributed by atoms with van der Waals surface area (Å²) >= 11 is 0. The van der Waals surface area contributed by atoms with Gasteiger partial charge in [-0.25, -0.2) is 4.79 Å². The van der Waals surface area contributed by atoms with Gasteiger partial charge in [-0.3, -0.25) is 0 Å². The minimum absolute atomic E-state index is 0.203. The number of hydrogen-bond acceptors (Lipinski definition) is 2. The highest BCUT2D eigenvalue weighted by atomic mass is 16.5. The van der Waals surface area contributed by atoms with Crippen LogP contribution < -0.4 is 15.4 Å². The number of aryl methyl sites for hydroxylation is 1. The molecule has 0 aliphatic carbocycles. The summed E-state index contributed by atoms with van der Waals surface area (Å²) in [5, 5.41) is 5.15. The Balaban J connectivity index is 2.03. The van der Waals surface area contributed by atoms with Crippen molar-refractivity contribution in [2.45, 2.75) is 6.92 Å². The van der Waals surface area contributed by atoms with E-state index in [2.05, 4.69) is 10.6 Å². The summed E-state index contributed by atoms with van der Waals surface area (Å²) in [4.78, 5) is 10.8. The quantitative estimate of drug-likeness (QED) is 0.767. The summed E-state index contributed by atoms with van der Waals surface area (Å²) < 4.78 is 5.54. The number of rotatable bonds is 2. The van der Waals surface area contributed by atoms with Gasteiger partial charge >= 0.3 is 6.03 Å². The van der Waals surface area contributed by atoms with Crippen molar-refractivity contribution in [1.82, 2.24) is 10.6 Å². The topological polar surface area (TPSA) is 50.4 Å². The van der Waals surface area contributed by atoms with E-state index in [9.17, 15) is 4.79 Å². The van der Waals surface area contributed by atoms with E-state index in [1.54, 1.807) is 6.20 Å². The van der Waals surface area contributed by atoms with Gasteiger partial charge in [0.2, 0.25) is 0 Å². The lowest BCUT2D eigenvalue weighted by atomic mass is 10.2. The summed E-state index contributed by atoms with van der Waals surface area (Å²) in [6.07, 6.45) is 1.57. The first-order valence-electron chi connectivity index (χ1n) is 4.72. The largest absolute Gasteiger partial charge is 0.458 e. The highest BCUT2D eigenvalue weighted by Crippen LogP contribution is 2.14. The van der Waals surface area contributed by atoms with Gasteiger partial charge in [-0.2, -0.15) is 0 Å². The molecular formula is C11H12N2O2. The zero-order chi connectivity index (χ0) is 10.7. The second-order valence-corrected chi connectivity index (χ2v) is 3.35. The van der Waals surface area contributed by atoms with Gasteiger partial charge in [-0.05, 0) is 19.1 Å². The Morgan fingerprint density at radius 2 is 2.00 bits per heavy atom. The first-order valence-corrected chi connectivity index (χ1v) is 4.72. The van der Waals surface area contributed by atoms with Crippen LogP contribution in [0, 0.1) is 6.92 Å². The normalized spacial score (nSPS) is 15.0. The van der Waals surface area contributed by atoms with Crippen LogP contribution in [0.1, 0.15) is 5.56 Å². The second-order valence-electron chi connectivity index (χ2n) is 3.35. The van der Waals surface area contributed by atoms with Crippen molar-refractivity contribution in [3.8, 4) is 5.75 Å². The van der Waals surface area contributed by atoms with Crippen LogP contribution in [-0.4, -0.2) is 12.6 Å². The van der Waals surface area contributed by atoms with Gasteiger partial charge in [-0.15, -0.1) is 0 Å². The molecule has 0 unspecified atom stereocenters. The average molecular weight is 204 g/mol. The molecule has 1 aromatic rings. The van der Waals surface area contributed by atoms with Gasteiger partial charge in [0.25, 0.3) is 0 Å². The molecule has 15 heavy (non-hydrogen) atoms. The Morgan fingerprint density at radius 1 is 1.27 bits per heavy atom. The van der Waals surface area contributed by atoms with E-state index in [1.165, 1.54) is 5.56 Å². The Morgan fingerprint density at radius 3 is 2.60 bits per heavy atom. The number of amides is 2. The van der Waals surface area contributed by atoms with E-state index in [4.69, 9.17) is 4.74 Å². The van der Waals surface area contributed by atoms with Crippen molar-refractivity contribution < 1.29 is 9.53 Å². The van der Waals surface area contributed by atoms with E-state index < -0.39 is 0 Å². The van der Waals surface area contributed by atoms with Crippen LogP contribution in [-0.2, 0) is 0 Å². The highest BCUT2D eigenvalue weighted by molar-refractivity contribution is 5.76. The van der Waals surface area contributed by atoms with Crippen molar-refractivity contribution in [2.24, 2.45) is 0 Å². The standard InChI is InChI=1S/C11H12N2O2/c1-8-2-4-9(5-3-8)15-10-6-12-11(14)13-7-10/h2-6H,7H2,1H3,(H2,12,13,14). The van der Waals surface area contributed by atoms with Crippen molar-refractivity contribution in [3.05, 3.63) is 41.8 Å². The predicted molar refractivity (Wildman–Crippen MR) is 56.4 cm³/mol. The fourth-order valence-electron chi connectivity index (χ4n) is 1.24. The summed E-state index contributed by atoms with van der Waals surface area (Å²) in [7, 11) is 0. The monoisotopic (exact) mass is 204 g/mol. The van der Waals surface area contributed by atoms with Gasteiger partial charge in [0.15, 0.2) is 0 Å². The first kappa shape index (κ1) is 9.58. The van der Waals surface area contributed by atoms with Gasteiger partial charge in [0.05, 0.1) is 6.54 Å². The lowest BCUT2D eigenvalue weighted by molar-refractivity contribution is 0.240. The van der Waals surface area contributed by atoms with Crippen LogP contribution in [0.3, 0.4) is 0 Å². The van der Waals surface area contributed by atoms with Gasteiger partial charge in [0, 0.05) is 6.20 Å². The van der Waals surface area contributed by atoms with Crippen molar-refractivity contribution in [2.75, 3.05) is 6.54 Å². The van der Waals surface area contributed by atoms with Gasteiger partial charge in [0.1, 0.15) is 11.5 Å². The minimum Gasteiger partial charge on any atom is -0.458 e. The fraction of sp³-hybridized carbons (Fsp3) is 0.182. The van der Waals surface area contributed by atoms with Crippen LogP contribution in [0.4, 0.5) is 4.79 Å². The Hall–Kier alpha value is -1.97. The SMILES string of the molecule is Cc1ccc(OC2=CNC(=O)NC2)cc1. The maximum absolute atomic E-state index is 10.8. The lowest BCUT2D eigenvalue weighted by Gasteiger charge is -2.15. The Kier molecular flexibility index (Phi) is 2.58. The molecule has 1 aliphatic rings. The number of hydrogen-bond donors (Lipinski definition) is 2.